The summed E-state index contributed by atoms with van der Waals surface area (Å²) < 4.78 is 18.9. The van der Waals surface area contributed by atoms with Gasteiger partial charge >= 0.3 is 0 Å². The Morgan fingerprint density at radius 3 is 1.46 bits per heavy atom. The molecule has 1 unspecified atom stereocenters. The van der Waals surface area contributed by atoms with Gasteiger partial charge < -0.3 is 18.9 Å². The van der Waals surface area contributed by atoms with Crippen LogP contribution in [0.2, 0.25) is 0 Å². The Bertz CT molecular complexity index is 74.0. The molecule has 1 atom stereocenters. The third kappa shape index (κ3) is 18.7. The zero-order chi connectivity index (χ0) is 10.5. The van der Waals surface area contributed by atoms with Gasteiger partial charge in [-0.15, -0.1) is 0 Å². The average Bonchev–Trinajstić information content (AvgIpc) is 2.16. The zero-order valence-corrected chi connectivity index (χ0v) is 9.33. The summed E-state index contributed by atoms with van der Waals surface area (Å²) in [5.74, 6) is 0. The number of rotatable bonds is 6. The average molecular weight is 194 g/mol. The van der Waals surface area contributed by atoms with Crippen LogP contribution in [0.5, 0.6) is 0 Å². The van der Waals surface area contributed by atoms with Crippen molar-refractivity contribution in [2.75, 3.05) is 48.3 Å². The molecular formula is C9H22O4. The van der Waals surface area contributed by atoms with Gasteiger partial charge in [0.2, 0.25) is 0 Å². The number of hydrogen-bond donors (Lipinski definition) is 0. The van der Waals surface area contributed by atoms with Crippen LogP contribution in [0.3, 0.4) is 0 Å². The van der Waals surface area contributed by atoms with Gasteiger partial charge in [0.15, 0.2) is 0 Å². The SMILES string of the molecule is COCC(C)OC.COCCOC. The fourth-order valence-electron chi connectivity index (χ4n) is 0.469. The molecule has 0 saturated carbocycles. The molecule has 0 aliphatic rings. The second-order valence-corrected chi connectivity index (χ2v) is 2.49. The molecule has 13 heavy (non-hydrogen) atoms. The maximum absolute atomic E-state index is 4.87. The lowest BCUT2D eigenvalue weighted by molar-refractivity contribution is 0.0401. The van der Waals surface area contributed by atoms with Crippen molar-refractivity contribution in [2.45, 2.75) is 13.0 Å². The molecular weight excluding hydrogens is 172 g/mol. The monoisotopic (exact) mass is 194 g/mol. The Balaban J connectivity index is 0. The van der Waals surface area contributed by atoms with Crippen LogP contribution in [0, 0.1) is 0 Å². The minimum Gasteiger partial charge on any atom is -0.382 e. The van der Waals surface area contributed by atoms with Crippen LogP contribution in [0.15, 0.2) is 0 Å². The number of hydrogen-bond acceptors (Lipinski definition) is 4. The predicted molar refractivity (Wildman–Crippen MR) is 52.1 cm³/mol. The van der Waals surface area contributed by atoms with Crippen molar-refractivity contribution in [3.8, 4) is 0 Å². The van der Waals surface area contributed by atoms with E-state index >= 15 is 0 Å². The van der Waals surface area contributed by atoms with E-state index in [9.17, 15) is 0 Å². The molecule has 0 aromatic carbocycles. The molecule has 0 radical (unpaired) electrons. The van der Waals surface area contributed by atoms with Gasteiger partial charge in [0.25, 0.3) is 0 Å². The summed E-state index contributed by atoms with van der Waals surface area (Å²) in [5, 5.41) is 0. The Labute approximate surface area is 81.1 Å². The van der Waals surface area contributed by atoms with E-state index in [0.717, 1.165) is 0 Å². The van der Waals surface area contributed by atoms with Crippen molar-refractivity contribution in [3.05, 3.63) is 0 Å². The molecule has 4 nitrogen and oxygen atoms in total. The van der Waals surface area contributed by atoms with Gasteiger partial charge in [-0.2, -0.15) is 0 Å². The van der Waals surface area contributed by atoms with Crippen LogP contribution in [0.4, 0.5) is 0 Å². The van der Waals surface area contributed by atoms with E-state index in [1.54, 1.807) is 28.4 Å². The van der Waals surface area contributed by atoms with Gasteiger partial charge in [-0.3, -0.25) is 0 Å². The maximum Gasteiger partial charge on any atom is 0.0776 e. The minimum atomic E-state index is 0.227. The summed E-state index contributed by atoms with van der Waals surface area (Å²) in [6.45, 7) is 4.02. The molecule has 0 aliphatic heterocycles. The highest BCUT2D eigenvalue weighted by Crippen LogP contribution is 1.84. The van der Waals surface area contributed by atoms with Crippen LogP contribution >= 0.6 is 0 Å². The number of ether oxygens (including phenoxy) is 4. The second kappa shape index (κ2) is 14.4. The van der Waals surface area contributed by atoms with Gasteiger partial charge in [0.1, 0.15) is 0 Å². The van der Waals surface area contributed by atoms with E-state index in [1.807, 2.05) is 6.92 Å². The minimum absolute atomic E-state index is 0.227. The lowest BCUT2D eigenvalue weighted by atomic mass is 10.4. The Morgan fingerprint density at radius 2 is 1.31 bits per heavy atom. The van der Waals surface area contributed by atoms with Crippen molar-refractivity contribution in [3.63, 3.8) is 0 Å². The molecule has 0 fully saturated rings. The lowest BCUT2D eigenvalue weighted by Gasteiger charge is -2.05. The highest BCUT2D eigenvalue weighted by atomic mass is 16.5. The summed E-state index contributed by atoms with van der Waals surface area (Å²) in [6.07, 6.45) is 0.227. The molecule has 0 bridgehead atoms. The topological polar surface area (TPSA) is 36.9 Å². The maximum atomic E-state index is 4.87. The summed E-state index contributed by atoms with van der Waals surface area (Å²) in [6, 6.07) is 0. The summed E-state index contributed by atoms with van der Waals surface area (Å²) in [4.78, 5) is 0. The first kappa shape index (κ1) is 15.3. The lowest BCUT2D eigenvalue weighted by Crippen LogP contribution is -2.11. The van der Waals surface area contributed by atoms with Crippen LogP contribution in [0.1, 0.15) is 6.92 Å². The molecule has 0 N–H and O–H groups in total. The van der Waals surface area contributed by atoms with Crippen molar-refractivity contribution >= 4 is 0 Å². The fraction of sp³-hybridized carbons (Fsp3) is 1.00. The molecule has 4 heteroatoms. The normalized spacial score (nSPS) is 11.8. The Kier molecular flexibility index (Phi) is 16.9. The molecule has 0 spiro atoms. The number of methoxy groups -OCH3 is 4. The van der Waals surface area contributed by atoms with Gasteiger partial charge in [0, 0.05) is 28.4 Å². The third-order valence-corrected chi connectivity index (χ3v) is 1.30. The van der Waals surface area contributed by atoms with E-state index in [2.05, 4.69) is 9.47 Å². The summed E-state index contributed by atoms with van der Waals surface area (Å²) in [7, 11) is 6.64. The van der Waals surface area contributed by atoms with E-state index in [0.29, 0.717) is 19.8 Å². The smallest absolute Gasteiger partial charge is 0.0776 e. The quantitative estimate of drug-likeness (QED) is 0.590. The van der Waals surface area contributed by atoms with Gasteiger partial charge in [-0.25, -0.2) is 0 Å². The van der Waals surface area contributed by atoms with Crippen molar-refractivity contribution < 1.29 is 18.9 Å². The first-order valence-electron chi connectivity index (χ1n) is 4.22. The largest absolute Gasteiger partial charge is 0.382 e. The van der Waals surface area contributed by atoms with Crippen molar-refractivity contribution in [1.29, 1.82) is 0 Å². The Morgan fingerprint density at radius 1 is 0.846 bits per heavy atom. The van der Waals surface area contributed by atoms with Crippen LogP contribution in [-0.4, -0.2) is 54.4 Å². The van der Waals surface area contributed by atoms with Gasteiger partial charge in [-0.05, 0) is 6.92 Å². The third-order valence-electron chi connectivity index (χ3n) is 1.30. The van der Waals surface area contributed by atoms with Crippen LogP contribution in [-0.2, 0) is 18.9 Å². The first-order valence-corrected chi connectivity index (χ1v) is 4.22. The zero-order valence-electron chi connectivity index (χ0n) is 9.33. The molecule has 0 heterocycles. The highest BCUT2D eigenvalue weighted by Gasteiger charge is 1.93. The summed E-state index contributed by atoms with van der Waals surface area (Å²) >= 11 is 0. The highest BCUT2D eigenvalue weighted by molar-refractivity contribution is 4.41. The van der Waals surface area contributed by atoms with E-state index in [-0.39, 0.29) is 6.10 Å². The summed E-state index contributed by atoms with van der Waals surface area (Å²) in [5.41, 5.74) is 0. The van der Waals surface area contributed by atoms with Crippen LogP contribution < -0.4 is 0 Å². The molecule has 0 aromatic heterocycles. The Hall–Kier alpha value is -0.160. The van der Waals surface area contributed by atoms with Crippen molar-refractivity contribution in [2.24, 2.45) is 0 Å². The molecule has 0 amide bonds. The van der Waals surface area contributed by atoms with Crippen LogP contribution in [0.25, 0.3) is 0 Å². The standard InChI is InChI=1S/C5H12O2.C4H10O2/c1-5(7-3)4-6-2;1-5-3-4-6-2/h5H,4H2,1-3H3;3-4H2,1-2H3. The predicted octanol–water partition coefficient (Wildman–Crippen LogP) is 0.947. The first-order chi connectivity index (χ1) is 6.22. The fourth-order valence-corrected chi connectivity index (χ4v) is 0.469. The molecule has 0 aromatic rings. The van der Waals surface area contributed by atoms with E-state index in [4.69, 9.17) is 9.47 Å². The van der Waals surface area contributed by atoms with Gasteiger partial charge in [-0.1, -0.05) is 0 Å². The molecule has 0 aliphatic carbocycles. The molecule has 0 saturated heterocycles. The van der Waals surface area contributed by atoms with E-state index in [1.165, 1.54) is 0 Å². The molecule has 82 valence electrons. The molecule has 0 rings (SSSR count). The van der Waals surface area contributed by atoms with E-state index < -0.39 is 0 Å². The van der Waals surface area contributed by atoms with Gasteiger partial charge in [0.05, 0.1) is 25.9 Å². The van der Waals surface area contributed by atoms with Crippen molar-refractivity contribution in [1.82, 2.24) is 0 Å². The second-order valence-electron chi connectivity index (χ2n) is 2.49.